The summed E-state index contributed by atoms with van der Waals surface area (Å²) in [5.74, 6) is 0. The number of nitrogens with zero attached hydrogens (tertiary/aromatic N) is 2. The molecule has 0 bridgehead atoms. The van der Waals surface area contributed by atoms with E-state index < -0.39 is 11.7 Å². The van der Waals surface area contributed by atoms with Crippen LogP contribution in [0.4, 0.5) is 47.3 Å². The van der Waals surface area contributed by atoms with Crippen LogP contribution in [0.15, 0.2) is 212 Å². The summed E-state index contributed by atoms with van der Waals surface area (Å²) < 4.78 is 41.1. The van der Waals surface area contributed by atoms with Crippen LogP contribution in [0.2, 0.25) is 0 Å². The van der Waals surface area contributed by atoms with Gasteiger partial charge in [0.2, 0.25) is 0 Å². The Morgan fingerprint density at radius 1 is 0.268 bits per heavy atom. The van der Waals surface area contributed by atoms with E-state index in [4.69, 9.17) is 0 Å². The van der Waals surface area contributed by atoms with E-state index in [1.54, 1.807) is 0 Å². The molecule has 0 saturated heterocycles. The van der Waals surface area contributed by atoms with Crippen molar-refractivity contribution in [1.29, 1.82) is 0 Å². The monoisotopic (exact) mass is 732 g/mol. The summed E-state index contributed by atoms with van der Waals surface area (Å²) in [7, 11) is 0. The summed E-state index contributed by atoms with van der Waals surface area (Å²) in [4.78, 5) is 4.18. The molecule has 9 rings (SSSR count). The SMILES string of the molecule is FC(F)(F)c1ccc(N(c2ccc(-c3c4ccccc4c(-c4ccccc4)c4ccccc34)cc2)c2ccc(N(c3ccccc3)c3ccccc3)cc2)cc1. The normalized spacial score (nSPS) is 11.5. The van der Waals surface area contributed by atoms with Crippen molar-refractivity contribution in [2.75, 3.05) is 9.80 Å². The summed E-state index contributed by atoms with van der Waals surface area (Å²) >= 11 is 0. The maximum Gasteiger partial charge on any atom is 0.416 e. The van der Waals surface area contributed by atoms with Gasteiger partial charge in [0.25, 0.3) is 0 Å². The van der Waals surface area contributed by atoms with Crippen LogP contribution in [0.1, 0.15) is 5.56 Å². The van der Waals surface area contributed by atoms with Gasteiger partial charge in [0.05, 0.1) is 5.56 Å². The first-order valence-corrected chi connectivity index (χ1v) is 18.5. The van der Waals surface area contributed by atoms with Crippen LogP contribution < -0.4 is 9.80 Å². The Balaban J connectivity index is 1.16. The van der Waals surface area contributed by atoms with Crippen molar-refractivity contribution in [2.24, 2.45) is 0 Å². The average Bonchev–Trinajstić information content (AvgIpc) is 3.25. The third-order valence-corrected chi connectivity index (χ3v) is 10.3. The minimum atomic E-state index is -4.44. The van der Waals surface area contributed by atoms with Gasteiger partial charge in [0.1, 0.15) is 0 Å². The van der Waals surface area contributed by atoms with Crippen LogP contribution >= 0.6 is 0 Å². The second-order valence-corrected chi connectivity index (χ2v) is 13.7. The summed E-state index contributed by atoms with van der Waals surface area (Å²) in [6.45, 7) is 0. The molecule has 0 aliphatic carbocycles. The molecule has 56 heavy (non-hydrogen) atoms. The van der Waals surface area contributed by atoms with Gasteiger partial charge in [-0.05, 0) is 129 Å². The minimum Gasteiger partial charge on any atom is -0.311 e. The van der Waals surface area contributed by atoms with Gasteiger partial charge in [0.15, 0.2) is 0 Å². The second-order valence-electron chi connectivity index (χ2n) is 13.7. The first-order chi connectivity index (χ1) is 27.4. The standard InChI is InChI=1S/C51H35F3N2/c52-51(53,54)38-26-30-42(31-27-38)56(44-34-32-43(33-35-44)55(39-16-6-2-7-17-39)40-18-8-3-9-19-40)41-28-24-37(25-29-41)50-47-22-12-10-20-45(47)49(36-14-4-1-5-15-36)46-21-11-13-23-48(46)50/h1-35H. The Morgan fingerprint density at radius 2 is 0.536 bits per heavy atom. The molecule has 2 nitrogen and oxygen atoms in total. The van der Waals surface area contributed by atoms with Gasteiger partial charge in [-0.2, -0.15) is 13.2 Å². The first kappa shape index (κ1) is 34.6. The molecule has 5 heteroatoms. The lowest BCUT2D eigenvalue weighted by Crippen LogP contribution is -2.12. The molecule has 0 amide bonds. The van der Waals surface area contributed by atoms with Crippen LogP contribution in [0.25, 0.3) is 43.8 Å². The highest BCUT2D eigenvalue weighted by molar-refractivity contribution is 6.21. The third-order valence-electron chi connectivity index (χ3n) is 10.3. The number of alkyl halides is 3. The molecule has 0 atom stereocenters. The lowest BCUT2D eigenvalue weighted by molar-refractivity contribution is -0.137. The molecule has 0 saturated carbocycles. The predicted molar refractivity (Wildman–Crippen MR) is 227 cm³/mol. The molecular weight excluding hydrogens is 698 g/mol. The lowest BCUT2D eigenvalue weighted by atomic mass is 9.86. The van der Waals surface area contributed by atoms with Crippen molar-refractivity contribution in [3.8, 4) is 22.3 Å². The number of para-hydroxylation sites is 2. The summed E-state index contributed by atoms with van der Waals surface area (Å²) in [5.41, 5.74) is 9.07. The highest BCUT2D eigenvalue weighted by Crippen LogP contribution is 2.45. The van der Waals surface area contributed by atoms with E-state index in [2.05, 4.69) is 126 Å². The van der Waals surface area contributed by atoms with E-state index in [9.17, 15) is 13.2 Å². The summed E-state index contributed by atoms with van der Waals surface area (Å²) in [5, 5.41) is 4.63. The third kappa shape index (κ3) is 6.54. The maximum absolute atomic E-state index is 13.7. The molecule has 0 heterocycles. The van der Waals surface area contributed by atoms with Crippen LogP contribution in [0, 0.1) is 0 Å². The minimum absolute atomic E-state index is 0.615. The molecule has 0 unspecified atom stereocenters. The molecular formula is C51H35F3N2. The van der Waals surface area contributed by atoms with Crippen molar-refractivity contribution < 1.29 is 13.2 Å². The Hall–Kier alpha value is -7.11. The van der Waals surface area contributed by atoms with Crippen LogP contribution in [0.5, 0.6) is 0 Å². The highest BCUT2D eigenvalue weighted by Gasteiger charge is 2.30. The zero-order valence-corrected chi connectivity index (χ0v) is 30.2. The van der Waals surface area contributed by atoms with E-state index in [0.29, 0.717) is 5.69 Å². The van der Waals surface area contributed by atoms with Crippen LogP contribution in [0.3, 0.4) is 0 Å². The van der Waals surface area contributed by atoms with E-state index >= 15 is 0 Å². The molecule has 0 fully saturated rings. The number of benzene rings is 9. The van der Waals surface area contributed by atoms with E-state index in [1.165, 1.54) is 28.5 Å². The van der Waals surface area contributed by atoms with Crippen LogP contribution in [-0.4, -0.2) is 0 Å². The fourth-order valence-corrected chi connectivity index (χ4v) is 7.73. The van der Waals surface area contributed by atoms with Crippen molar-refractivity contribution in [3.05, 3.63) is 218 Å². The fourth-order valence-electron chi connectivity index (χ4n) is 7.73. The second kappa shape index (κ2) is 14.6. The number of anilines is 6. The Kier molecular flexibility index (Phi) is 9.04. The van der Waals surface area contributed by atoms with Gasteiger partial charge in [-0.15, -0.1) is 0 Å². The highest BCUT2D eigenvalue weighted by atomic mass is 19.4. The van der Waals surface area contributed by atoms with Gasteiger partial charge >= 0.3 is 6.18 Å². The first-order valence-electron chi connectivity index (χ1n) is 18.5. The zero-order valence-electron chi connectivity index (χ0n) is 30.2. The smallest absolute Gasteiger partial charge is 0.311 e. The number of halogens is 3. The van der Waals surface area contributed by atoms with Crippen molar-refractivity contribution in [3.63, 3.8) is 0 Å². The van der Waals surface area contributed by atoms with Gasteiger partial charge in [-0.1, -0.05) is 127 Å². The van der Waals surface area contributed by atoms with Crippen molar-refractivity contribution in [1.82, 2.24) is 0 Å². The largest absolute Gasteiger partial charge is 0.416 e. The molecule has 9 aromatic carbocycles. The molecule has 0 aromatic heterocycles. The molecule has 0 aliphatic rings. The number of hydrogen-bond acceptors (Lipinski definition) is 2. The van der Waals surface area contributed by atoms with Gasteiger partial charge < -0.3 is 9.80 Å². The maximum atomic E-state index is 13.7. The predicted octanol–water partition coefficient (Wildman–Crippen LogP) is 15.3. The molecule has 9 aromatic rings. The van der Waals surface area contributed by atoms with Gasteiger partial charge in [-0.3, -0.25) is 0 Å². The molecule has 0 aliphatic heterocycles. The topological polar surface area (TPSA) is 6.48 Å². The quantitative estimate of drug-likeness (QED) is 0.144. The Morgan fingerprint density at radius 3 is 0.893 bits per heavy atom. The molecule has 0 spiro atoms. The van der Waals surface area contributed by atoms with E-state index in [1.807, 2.05) is 71.6 Å². The molecule has 270 valence electrons. The number of rotatable bonds is 8. The lowest BCUT2D eigenvalue weighted by Gasteiger charge is -2.28. The Labute approximate surface area is 324 Å². The fraction of sp³-hybridized carbons (Fsp3) is 0.0196. The van der Waals surface area contributed by atoms with Crippen molar-refractivity contribution >= 4 is 55.7 Å². The summed E-state index contributed by atoms with van der Waals surface area (Å²) in [6, 6.07) is 69.7. The average molecular weight is 733 g/mol. The van der Waals surface area contributed by atoms with E-state index in [0.717, 1.165) is 68.0 Å². The number of fused-ring (bicyclic) bond motifs is 2. The van der Waals surface area contributed by atoms with Crippen molar-refractivity contribution in [2.45, 2.75) is 6.18 Å². The Bertz CT molecular complexity index is 2650. The molecule has 0 N–H and O–H groups in total. The van der Waals surface area contributed by atoms with Gasteiger partial charge in [0, 0.05) is 34.1 Å². The number of hydrogen-bond donors (Lipinski definition) is 0. The van der Waals surface area contributed by atoms with Crippen LogP contribution in [-0.2, 0) is 6.18 Å². The summed E-state index contributed by atoms with van der Waals surface area (Å²) in [6.07, 6.45) is -4.44. The van der Waals surface area contributed by atoms with E-state index in [-0.39, 0.29) is 0 Å². The molecule has 0 radical (unpaired) electrons. The zero-order chi connectivity index (χ0) is 38.1. The van der Waals surface area contributed by atoms with Gasteiger partial charge in [-0.25, -0.2) is 0 Å².